The molecule has 0 heterocycles. The van der Waals surface area contributed by atoms with Crippen LogP contribution in [0.4, 0.5) is 81.4 Å². The van der Waals surface area contributed by atoms with E-state index in [2.05, 4.69) is 42.5 Å². The molecule has 133 heavy (non-hydrogen) atoms. The third kappa shape index (κ3) is 29.6. The van der Waals surface area contributed by atoms with Crippen molar-refractivity contribution in [3.8, 4) is 0 Å². The van der Waals surface area contributed by atoms with Crippen LogP contribution in [0.5, 0.6) is 0 Å². The number of benzene rings is 14. The number of aliphatic carboxylic acids is 2. The first-order chi connectivity index (χ1) is 63.1. The van der Waals surface area contributed by atoms with Crippen molar-refractivity contribution >= 4 is 184 Å². The van der Waals surface area contributed by atoms with Gasteiger partial charge in [-0.1, -0.05) is 220 Å². The molecular weight excluding hydrogens is 1860 g/mol. The lowest BCUT2D eigenvalue weighted by molar-refractivity contribution is -0.138. The second-order valence-corrected chi connectivity index (χ2v) is 31.5. The summed E-state index contributed by atoms with van der Waals surface area (Å²) in [7, 11) is 0. The van der Waals surface area contributed by atoms with E-state index in [-0.39, 0.29) is 75.0 Å². The van der Waals surface area contributed by atoms with Crippen molar-refractivity contribution in [1.82, 2.24) is 0 Å². The number of para-hydroxylation sites is 7. The van der Waals surface area contributed by atoms with E-state index in [1.165, 1.54) is 47.5 Å². The van der Waals surface area contributed by atoms with E-state index in [0.717, 1.165) is 50.2 Å². The molecule has 0 unspecified atom stereocenters. The maximum atomic E-state index is 12.6. The van der Waals surface area contributed by atoms with Gasteiger partial charge >= 0.3 is 48.0 Å². The van der Waals surface area contributed by atoms with Crippen molar-refractivity contribution in [3.63, 3.8) is 0 Å². The number of hydrogen-bond acceptors (Lipinski definition) is 16. The van der Waals surface area contributed by atoms with Crippen molar-refractivity contribution < 1.29 is 92.1 Å². The monoisotopic (exact) mass is 1940 g/mol. The standard InChI is InChI=1S/C15H12BrNO3.C15H13NO3.2C15H15NO2.2C14H11Cl2NO2.C14H10F3NO2/c16-11-6-4-9(5-7-11)15(20)12-3-1-2-10(14(12)17)8-13(18)19;16-14-11(9-13(17)18)7-4-8-12(14)15(19)10-5-2-1-3-6-10;2*1-10-6-5-9-13(11(10)2)16-14-8-4-3-7-12(14)15(17)18;2*1-8-6-7-10(15)13(12(8)16)17-11-5-3-2-4-9(11)14(18)19;15-14(16,17)9-4-3-5-10(8-9)18-12-7-2-1-6-11(12)13(19)20/h1-7H,8,17H2,(H,18,19);1-8H,9,16H2,(H,17,18);2*3-9,16H,1-2H3,(H,17,18);2*2-7,17H,1H3,(H,18,19);1-8,18H,(H,19,20). The van der Waals surface area contributed by atoms with Crippen molar-refractivity contribution in [2.75, 3.05) is 38.1 Å². The van der Waals surface area contributed by atoms with Crippen LogP contribution in [0, 0.1) is 41.5 Å². The van der Waals surface area contributed by atoms with Crippen LogP contribution in [0.15, 0.2) is 302 Å². The zero-order valence-corrected chi connectivity index (χ0v) is 76.3. The Morgan fingerprint density at radius 3 is 0.947 bits per heavy atom. The lowest BCUT2D eigenvalue weighted by Gasteiger charge is -2.13. The second-order valence-electron chi connectivity index (χ2n) is 29.0. The van der Waals surface area contributed by atoms with E-state index in [1.54, 1.807) is 194 Å². The Labute approximate surface area is 791 Å². The first-order valence-electron chi connectivity index (χ1n) is 39.9. The minimum Gasteiger partial charge on any atom is -0.481 e. The molecule has 0 saturated heterocycles. The van der Waals surface area contributed by atoms with Gasteiger partial charge in [-0.3, -0.25) is 19.2 Å². The molecule has 0 atom stereocenters. The van der Waals surface area contributed by atoms with Crippen molar-refractivity contribution in [3.05, 3.63) is 422 Å². The number of carboxylic acid groups (broad SMARTS) is 7. The Hall–Kier alpha value is -15.3. The van der Waals surface area contributed by atoms with Crippen LogP contribution in [0.2, 0.25) is 20.1 Å². The van der Waals surface area contributed by atoms with Crippen LogP contribution in [-0.2, 0) is 28.6 Å². The van der Waals surface area contributed by atoms with Crippen LogP contribution in [0.3, 0.4) is 0 Å². The molecule has 0 aliphatic rings. The smallest absolute Gasteiger partial charge is 0.416 e. The number of nitrogen functional groups attached to an aromatic ring is 2. The average Bonchev–Trinajstić information content (AvgIpc) is 0.826. The Bertz CT molecular complexity index is 6390. The van der Waals surface area contributed by atoms with Gasteiger partial charge in [0.15, 0.2) is 11.6 Å². The summed E-state index contributed by atoms with van der Waals surface area (Å²) in [5, 5.41) is 80.0. The number of carbonyl (C=O) groups excluding carboxylic acids is 2. The van der Waals surface area contributed by atoms with Crippen LogP contribution >= 0.6 is 62.3 Å². The lowest BCUT2D eigenvalue weighted by Crippen LogP contribution is -2.10. The van der Waals surface area contributed by atoms with Gasteiger partial charge in [-0.25, -0.2) is 24.0 Å². The molecule has 0 aromatic heterocycles. The molecule has 0 saturated carbocycles. The average molecular weight is 1950 g/mol. The number of alkyl halides is 3. The quantitative estimate of drug-likeness (QED) is 0.0209. The number of carbonyl (C=O) groups is 9. The molecular formula is C102H87BrCl4F3N7O16. The van der Waals surface area contributed by atoms with Gasteiger partial charge in [-0.15, -0.1) is 0 Å². The molecule has 0 aliphatic carbocycles. The molecule has 14 aromatic carbocycles. The summed E-state index contributed by atoms with van der Waals surface area (Å²) in [5.41, 5.74) is 26.7. The third-order valence-corrected chi connectivity index (χ3v) is 21.9. The van der Waals surface area contributed by atoms with E-state index in [9.17, 15) is 56.3 Å². The minimum absolute atomic E-state index is 0.00934. The summed E-state index contributed by atoms with van der Waals surface area (Å²) in [6.45, 7) is 11.8. The van der Waals surface area contributed by atoms with Gasteiger partial charge in [0.05, 0.1) is 106 Å². The Balaban J connectivity index is 0.000000191. The zero-order chi connectivity index (χ0) is 97.5. The van der Waals surface area contributed by atoms with E-state index in [1.807, 2.05) is 96.1 Å². The number of rotatable bonds is 23. The lowest BCUT2D eigenvalue weighted by atomic mass is 9.98. The number of aromatic carboxylic acids is 5. The molecule has 0 amide bonds. The number of ketones is 2. The fourth-order valence-electron chi connectivity index (χ4n) is 12.5. The highest BCUT2D eigenvalue weighted by Gasteiger charge is 2.31. The molecule has 14 rings (SSSR count). The largest absolute Gasteiger partial charge is 0.481 e. The summed E-state index contributed by atoms with van der Waals surface area (Å²) in [6.07, 6.45) is -4.83. The number of nitrogens with one attached hydrogen (secondary N) is 5. The van der Waals surface area contributed by atoms with E-state index >= 15 is 0 Å². The number of hydrogen-bond donors (Lipinski definition) is 14. The number of nitrogens with two attached hydrogens (primary N) is 2. The Morgan fingerprint density at radius 2 is 0.609 bits per heavy atom. The maximum absolute atomic E-state index is 12.6. The summed E-state index contributed by atoms with van der Waals surface area (Å²) >= 11 is 27.9. The minimum atomic E-state index is -4.44. The van der Waals surface area contributed by atoms with Crippen molar-refractivity contribution in [2.24, 2.45) is 0 Å². The van der Waals surface area contributed by atoms with Crippen LogP contribution in [-0.4, -0.2) is 89.1 Å². The van der Waals surface area contributed by atoms with Crippen LogP contribution in [0.25, 0.3) is 0 Å². The van der Waals surface area contributed by atoms with Gasteiger partial charge in [0.1, 0.15) is 0 Å². The molecule has 31 heteroatoms. The molecule has 0 bridgehead atoms. The van der Waals surface area contributed by atoms with Gasteiger partial charge < -0.3 is 73.8 Å². The first kappa shape index (κ1) is 103. The summed E-state index contributed by atoms with van der Waals surface area (Å²) in [5.74, 6) is -7.41. The molecule has 0 fully saturated rings. The van der Waals surface area contributed by atoms with Gasteiger partial charge in [0.25, 0.3) is 0 Å². The van der Waals surface area contributed by atoms with Crippen molar-refractivity contribution in [2.45, 2.75) is 60.6 Å². The molecule has 0 radical (unpaired) electrons. The van der Waals surface area contributed by atoms with Gasteiger partial charge in [0, 0.05) is 55.2 Å². The van der Waals surface area contributed by atoms with Gasteiger partial charge in [-0.2, -0.15) is 13.2 Å². The van der Waals surface area contributed by atoms with E-state index < -0.39 is 53.5 Å². The van der Waals surface area contributed by atoms with Gasteiger partial charge in [-0.05, 0) is 226 Å². The molecule has 16 N–H and O–H groups in total. The summed E-state index contributed by atoms with van der Waals surface area (Å²) < 4.78 is 38.7. The molecule has 14 aromatic rings. The van der Waals surface area contributed by atoms with Gasteiger partial charge in [0.2, 0.25) is 0 Å². The number of halogens is 8. The highest BCUT2D eigenvalue weighted by Crippen LogP contribution is 2.39. The molecule has 0 aliphatic heterocycles. The Morgan fingerprint density at radius 1 is 0.316 bits per heavy atom. The highest BCUT2D eigenvalue weighted by molar-refractivity contribution is 9.10. The fraction of sp³-hybridized carbons (Fsp3) is 0.0882. The van der Waals surface area contributed by atoms with Crippen LogP contribution in [0.1, 0.15) is 134 Å². The predicted molar refractivity (Wildman–Crippen MR) is 521 cm³/mol. The predicted octanol–water partition coefficient (Wildman–Crippen LogP) is 26.1. The normalized spacial score (nSPS) is 10.3. The first-order valence-corrected chi connectivity index (χ1v) is 42.2. The molecule has 682 valence electrons. The number of aryl methyl sites for hydroxylation is 4. The molecule has 23 nitrogen and oxygen atoms in total. The number of carboxylic acids is 7. The topological polar surface area (TPSA) is 407 Å². The summed E-state index contributed by atoms with van der Waals surface area (Å²) in [4.78, 5) is 102. The molecule has 0 spiro atoms. The van der Waals surface area contributed by atoms with E-state index in [4.69, 9.17) is 93.6 Å². The van der Waals surface area contributed by atoms with Crippen LogP contribution < -0.4 is 38.1 Å². The maximum Gasteiger partial charge on any atom is 0.416 e. The highest BCUT2D eigenvalue weighted by atomic mass is 79.9. The SMILES string of the molecule is Cc1ccc(Cl)c(Nc2ccccc2C(=O)O)c1Cl.Cc1ccc(Cl)c(Nc2ccccc2C(=O)O)c1Cl.Cc1cccc(Nc2ccccc2C(=O)O)c1C.Cc1cccc(Nc2ccccc2C(=O)O)c1C.Nc1c(CC(=O)O)cccc1C(=O)c1ccc(Br)cc1.Nc1c(CC(=O)O)cccc1C(=O)c1ccccc1.O=C(O)c1ccccc1Nc1cccc(C(F)(F)F)c1. The zero-order valence-electron chi connectivity index (χ0n) is 71.7. The Kier molecular flexibility index (Phi) is 38.0. The third-order valence-electron chi connectivity index (χ3n) is 19.8. The fourth-order valence-corrected chi connectivity index (χ4v) is 13.6. The number of anilines is 12. The summed E-state index contributed by atoms with van der Waals surface area (Å²) in [6, 6.07) is 81.9. The second kappa shape index (κ2) is 48.9. The van der Waals surface area contributed by atoms with Crippen molar-refractivity contribution in [1.29, 1.82) is 0 Å². The van der Waals surface area contributed by atoms with E-state index in [0.29, 0.717) is 87.6 Å².